The fourth-order valence-corrected chi connectivity index (χ4v) is 1.45. The second-order valence-corrected chi connectivity index (χ2v) is 4.14. The largest absolute Gasteiger partial charge is 0.389 e. The molecule has 0 aliphatic rings. The van der Waals surface area contributed by atoms with Crippen LogP contribution in [0.2, 0.25) is 0 Å². The number of alkyl halides is 3. The van der Waals surface area contributed by atoms with Crippen LogP contribution < -0.4 is 11.1 Å². The highest BCUT2D eigenvalue weighted by Gasteiger charge is 2.25. The lowest BCUT2D eigenvalue weighted by Gasteiger charge is -2.10. The van der Waals surface area contributed by atoms with Crippen LogP contribution in [0.15, 0.2) is 18.2 Å². The lowest BCUT2D eigenvalue weighted by Crippen LogP contribution is -2.12. The van der Waals surface area contributed by atoms with Gasteiger partial charge >= 0.3 is 6.18 Å². The lowest BCUT2D eigenvalue weighted by molar-refractivity contribution is -0.134. The van der Waals surface area contributed by atoms with Gasteiger partial charge in [-0.1, -0.05) is 12.2 Å². The summed E-state index contributed by atoms with van der Waals surface area (Å²) in [5.74, 6) is -0.590. The third-order valence-corrected chi connectivity index (χ3v) is 2.44. The minimum atomic E-state index is -4.18. The third-order valence-electron chi connectivity index (χ3n) is 2.21. The average molecular weight is 280 g/mol. The number of benzene rings is 1. The molecule has 18 heavy (non-hydrogen) atoms. The zero-order valence-electron chi connectivity index (χ0n) is 9.35. The molecular weight excluding hydrogens is 268 g/mol. The van der Waals surface area contributed by atoms with E-state index in [1.165, 1.54) is 12.1 Å². The van der Waals surface area contributed by atoms with Gasteiger partial charge in [-0.15, -0.1) is 0 Å². The first-order valence-corrected chi connectivity index (χ1v) is 5.60. The number of halogens is 4. The number of hydrogen-bond donors (Lipinski definition) is 2. The van der Waals surface area contributed by atoms with E-state index in [1.54, 1.807) is 0 Å². The summed E-state index contributed by atoms with van der Waals surface area (Å²) in [5, 5.41) is 2.59. The molecule has 0 spiro atoms. The van der Waals surface area contributed by atoms with Gasteiger partial charge in [-0.3, -0.25) is 0 Å². The van der Waals surface area contributed by atoms with Crippen LogP contribution in [0.25, 0.3) is 0 Å². The summed E-state index contributed by atoms with van der Waals surface area (Å²) in [6.45, 7) is 0.0445. The molecule has 0 atom stereocenters. The maximum Gasteiger partial charge on any atom is 0.389 e. The van der Waals surface area contributed by atoms with Crippen molar-refractivity contribution in [3.05, 3.63) is 29.6 Å². The molecule has 2 nitrogen and oxygen atoms in total. The van der Waals surface area contributed by atoms with E-state index in [9.17, 15) is 17.6 Å². The van der Waals surface area contributed by atoms with Crippen molar-refractivity contribution in [3.63, 3.8) is 0 Å². The van der Waals surface area contributed by atoms with E-state index in [0.29, 0.717) is 5.56 Å². The molecule has 3 N–H and O–H groups in total. The van der Waals surface area contributed by atoms with Gasteiger partial charge in [-0.2, -0.15) is 13.2 Å². The Hall–Kier alpha value is -1.37. The molecule has 0 aromatic heterocycles. The molecule has 0 bridgehead atoms. The van der Waals surface area contributed by atoms with E-state index in [2.05, 4.69) is 17.5 Å². The van der Waals surface area contributed by atoms with Crippen LogP contribution in [-0.2, 0) is 0 Å². The summed E-state index contributed by atoms with van der Waals surface area (Å²) < 4.78 is 49.1. The molecule has 0 aliphatic carbocycles. The van der Waals surface area contributed by atoms with Crippen molar-refractivity contribution in [2.45, 2.75) is 19.0 Å². The van der Waals surface area contributed by atoms with Crippen LogP contribution in [0.3, 0.4) is 0 Å². The van der Waals surface area contributed by atoms with Gasteiger partial charge in [0.1, 0.15) is 10.8 Å². The molecule has 1 rings (SSSR count). The Kier molecular flexibility index (Phi) is 4.89. The maximum absolute atomic E-state index is 13.5. The molecule has 0 aliphatic heterocycles. The average Bonchev–Trinajstić information content (AvgIpc) is 2.24. The van der Waals surface area contributed by atoms with Crippen molar-refractivity contribution in [1.29, 1.82) is 0 Å². The van der Waals surface area contributed by atoms with Gasteiger partial charge < -0.3 is 11.1 Å². The van der Waals surface area contributed by atoms with Crippen molar-refractivity contribution in [1.82, 2.24) is 0 Å². The summed E-state index contributed by atoms with van der Waals surface area (Å²) >= 11 is 4.68. The van der Waals surface area contributed by atoms with Crippen molar-refractivity contribution in [2.24, 2.45) is 5.73 Å². The first-order valence-electron chi connectivity index (χ1n) is 5.19. The Morgan fingerprint density at radius 1 is 1.33 bits per heavy atom. The van der Waals surface area contributed by atoms with Crippen molar-refractivity contribution in [3.8, 4) is 0 Å². The Morgan fingerprint density at radius 2 is 2.00 bits per heavy atom. The first kappa shape index (κ1) is 14.7. The van der Waals surface area contributed by atoms with Crippen molar-refractivity contribution in [2.75, 3.05) is 11.9 Å². The SMILES string of the molecule is NC(=S)c1ccc(NCCCC(F)(F)F)c(F)c1. The van der Waals surface area contributed by atoms with Crippen LogP contribution in [0, 0.1) is 5.82 Å². The summed E-state index contributed by atoms with van der Waals surface area (Å²) in [7, 11) is 0. The number of hydrogen-bond acceptors (Lipinski definition) is 2. The number of anilines is 1. The second-order valence-electron chi connectivity index (χ2n) is 3.70. The quantitative estimate of drug-likeness (QED) is 0.494. The predicted octanol–water partition coefficient (Wildman–Crippen LogP) is 3.21. The number of nitrogens with two attached hydrogens (primary N) is 1. The second kappa shape index (κ2) is 5.99. The topological polar surface area (TPSA) is 38.0 Å². The predicted molar refractivity (Wildman–Crippen MR) is 66.1 cm³/mol. The highest BCUT2D eigenvalue weighted by Crippen LogP contribution is 2.21. The van der Waals surface area contributed by atoms with Crippen LogP contribution in [0.4, 0.5) is 23.2 Å². The highest BCUT2D eigenvalue weighted by molar-refractivity contribution is 7.80. The molecule has 0 amide bonds. The molecule has 0 unspecified atom stereocenters. The Balaban J connectivity index is 2.51. The molecule has 1 aromatic carbocycles. The van der Waals surface area contributed by atoms with E-state index in [1.807, 2.05) is 0 Å². The summed E-state index contributed by atoms with van der Waals surface area (Å²) in [6, 6.07) is 4.06. The van der Waals surface area contributed by atoms with Gasteiger partial charge in [0, 0.05) is 18.5 Å². The normalized spacial score (nSPS) is 11.3. The summed E-state index contributed by atoms with van der Waals surface area (Å²) in [6.07, 6.45) is -5.19. The van der Waals surface area contributed by atoms with Gasteiger partial charge in [0.25, 0.3) is 0 Å². The van der Waals surface area contributed by atoms with Crippen molar-refractivity contribution >= 4 is 22.9 Å². The minimum absolute atomic E-state index is 0.0445. The number of rotatable bonds is 5. The first-order chi connectivity index (χ1) is 8.29. The van der Waals surface area contributed by atoms with Gasteiger partial charge in [-0.25, -0.2) is 4.39 Å². The highest BCUT2D eigenvalue weighted by atomic mass is 32.1. The van der Waals surface area contributed by atoms with E-state index in [0.717, 1.165) is 6.07 Å². The Bertz CT molecular complexity index is 432. The summed E-state index contributed by atoms with van der Waals surface area (Å²) in [4.78, 5) is 0.0671. The van der Waals surface area contributed by atoms with Crippen LogP contribution in [-0.4, -0.2) is 17.7 Å². The smallest absolute Gasteiger partial charge is 0.389 e. The monoisotopic (exact) mass is 280 g/mol. The minimum Gasteiger partial charge on any atom is -0.389 e. The molecule has 0 heterocycles. The Labute approximate surface area is 107 Å². The van der Waals surface area contributed by atoms with Gasteiger partial charge in [0.05, 0.1) is 5.69 Å². The van der Waals surface area contributed by atoms with E-state index < -0.39 is 18.4 Å². The van der Waals surface area contributed by atoms with Crippen LogP contribution in [0.1, 0.15) is 18.4 Å². The van der Waals surface area contributed by atoms with E-state index >= 15 is 0 Å². The molecule has 1 aromatic rings. The molecule has 0 saturated heterocycles. The number of nitrogens with one attached hydrogen (secondary N) is 1. The fourth-order valence-electron chi connectivity index (χ4n) is 1.32. The molecule has 7 heteroatoms. The van der Waals surface area contributed by atoms with Gasteiger partial charge in [0.2, 0.25) is 0 Å². The number of thiocarbonyl (C=S) groups is 1. The van der Waals surface area contributed by atoms with Crippen molar-refractivity contribution < 1.29 is 17.6 Å². The van der Waals surface area contributed by atoms with Gasteiger partial charge in [0.15, 0.2) is 0 Å². The fraction of sp³-hybridized carbons (Fsp3) is 0.364. The molecule has 0 fully saturated rings. The molecule has 100 valence electrons. The van der Waals surface area contributed by atoms with E-state index in [4.69, 9.17) is 5.73 Å². The molecular formula is C11H12F4N2S. The molecule has 0 radical (unpaired) electrons. The molecule has 0 saturated carbocycles. The summed E-state index contributed by atoms with van der Waals surface area (Å²) in [5.41, 5.74) is 5.84. The van der Waals surface area contributed by atoms with Crippen LogP contribution >= 0.6 is 12.2 Å². The Morgan fingerprint density at radius 3 is 2.50 bits per heavy atom. The zero-order valence-corrected chi connectivity index (χ0v) is 10.2. The maximum atomic E-state index is 13.5. The van der Waals surface area contributed by atoms with E-state index in [-0.39, 0.29) is 23.6 Å². The third kappa shape index (κ3) is 4.87. The lowest BCUT2D eigenvalue weighted by atomic mass is 10.2. The van der Waals surface area contributed by atoms with Crippen LogP contribution in [0.5, 0.6) is 0 Å². The zero-order chi connectivity index (χ0) is 13.8. The van der Waals surface area contributed by atoms with Gasteiger partial charge in [-0.05, 0) is 24.6 Å². The standard InChI is InChI=1S/C11H12F4N2S/c12-8-6-7(10(16)18)2-3-9(8)17-5-1-4-11(13,14)15/h2-3,6,17H,1,4-5H2,(H2,16,18).